The third kappa shape index (κ3) is 4.47. The van der Waals surface area contributed by atoms with Gasteiger partial charge < -0.3 is 9.84 Å². The number of esters is 1. The normalized spacial score (nSPS) is 10.9. The predicted molar refractivity (Wildman–Crippen MR) is 84.7 cm³/mol. The Balaban J connectivity index is 2.11. The molecule has 0 atom stereocenters. The van der Waals surface area contributed by atoms with Gasteiger partial charge in [0, 0.05) is 0 Å². The largest absolute Gasteiger partial charge is 0.507 e. The maximum Gasteiger partial charge on any atom is 0.338 e. The molecule has 0 unspecified atom stereocenters. The Morgan fingerprint density at radius 1 is 1.09 bits per heavy atom. The quantitative estimate of drug-likeness (QED) is 0.509. The van der Waals surface area contributed by atoms with Crippen molar-refractivity contribution in [3.05, 3.63) is 53.6 Å². The summed E-state index contributed by atoms with van der Waals surface area (Å²) in [4.78, 5) is 22.5. The Morgan fingerprint density at radius 3 is 2.30 bits per heavy atom. The predicted octanol–water partition coefficient (Wildman–Crippen LogP) is 4.19. The van der Waals surface area contributed by atoms with Gasteiger partial charge in [-0.2, -0.15) is 10.2 Å². The molecule has 0 fully saturated rings. The lowest BCUT2D eigenvalue weighted by Gasteiger charge is -2.07. The molecule has 118 valence electrons. The maximum absolute atomic E-state index is 11.7. The molecule has 0 aliphatic rings. The molecule has 0 heterocycles. The molecule has 0 radical (unpaired) electrons. The lowest BCUT2D eigenvalue weighted by Crippen LogP contribution is -2.11. The highest BCUT2D eigenvalue weighted by atomic mass is 16.5. The Morgan fingerprint density at radius 2 is 1.70 bits per heavy atom. The van der Waals surface area contributed by atoms with Gasteiger partial charge in [-0.05, 0) is 56.3 Å². The molecule has 23 heavy (non-hydrogen) atoms. The summed E-state index contributed by atoms with van der Waals surface area (Å²) in [5, 5.41) is 17.4. The summed E-state index contributed by atoms with van der Waals surface area (Å²) in [6.45, 7) is 3.57. The van der Waals surface area contributed by atoms with E-state index >= 15 is 0 Å². The molecule has 6 nitrogen and oxygen atoms in total. The molecule has 0 saturated heterocycles. The molecule has 2 aromatic rings. The van der Waals surface area contributed by atoms with E-state index in [1.165, 1.54) is 12.1 Å². The lowest BCUT2D eigenvalue weighted by atomic mass is 10.2. The fourth-order valence-corrected chi connectivity index (χ4v) is 1.76. The zero-order valence-electron chi connectivity index (χ0n) is 12.8. The van der Waals surface area contributed by atoms with E-state index in [2.05, 4.69) is 10.2 Å². The number of phenols is 1. The summed E-state index contributed by atoms with van der Waals surface area (Å²) in [5.41, 5.74) is 1.57. The number of phenolic OH excluding ortho intramolecular Hbond substituents is 1. The highest BCUT2D eigenvalue weighted by Crippen LogP contribution is 2.24. The van der Waals surface area contributed by atoms with Gasteiger partial charge >= 0.3 is 5.97 Å². The highest BCUT2D eigenvalue weighted by Gasteiger charge is 2.08. The number of aldehydes is 1. The van der Waals surface area contributed by atoms with E-state index in [0.29, 0.717) is 23.2 Å². The van der Waals surface area contributed by atoms with Gasteiger partial charge in [-0.1, -0.05) is 0 Å². The highest BCUT2D eigenvalue weighted by molar-refractivity contribution is 5.89. The second-order valence-corrected chi connectivity index (χ2v) is 5.06. The van der Waals surface area contributed by atoms with Gasteiger partial charge in [0.05, 0.1) is 28.6 Å². The number of ether oxygens (including phenoxy) is 1. The fraction of sp³-hybridized carbons (Fsp3) is 0.176. The summed E-state index contributed by atoms with van der Waals surface area (Å²) in [7, 11) is 0. The van der Waals surface area contributed by atoms with E-state index in [4.69, 9.17) is 4.74 Å². The average molecular weight is 312 g/mol. The number of rotatable bonds is 5. The first-order chi connectivity index (χ1) is 11.0. The van der Waals surface area contributed by atoms with Crippen LogP contribution in [0.3, 0.4) is 0 Å². The van der Waals surface area contributed by atoms with E-state index in [-0.39, 0.29) is 17.4 Å². The summed E-state index contributed by atoms with van der Waals surface area (Å²) >= 11 is 0. The zero-order chi connectivity index (χ0) is 16.8. The van der Waals surface area contributed by atoms with E-state index in [0.717, 1.165) is 0 Å². The smallest absolute Gasteiger partial charge is 0.338 e. The Labute approximate surface area is 133 Å². The number of hydrogen-bond acceptors (Lipinski definition) is 6. The van der Waals surface area contributed by atoms with Gasteiger partial charge in [0.25, 0.3) is 0 Å². The van der Waals surface area contributed by atoms with Gasteiger partial charge in [0.2, 0.25) is 0 Å². The van der Waals surface area contributed by atoms with Crippen molar-refractivity contribution < 1.29 is 19.4 Å². The monoisotopic (exact) mass is 312 g/mol. The third-order valence-corrected chi connectivity index (χ3v) is 2.86. The van der Waals surface area contributed by atoms with Crippen LogP contribution in [0.5, 0.6) is 5.75 Å². The van der Waals surface area contributed by atoms with Crippen LogP contribution in [0.25, 0.3) is 0 Å². The van der Waals surface area contributed by atoms with Crippen molar-refractivity contribution in [1.82, 2.24) is 0 Å². The van der Waals surface area contributed by atoms with E-state index in [9.17, 15) is 14.7 Å². The lowest BCUT2D eigenvalue weighted by molar-refractivity contribution is 0.0378. The molecule has 0 aliphatic carbocycles. The molecule has 2 aromatic carbocycles. The van der Waals surface area contributed by atoms with Gasteiger partial charge in [-0.25, -0.2) is 4.79 Å². The van der Waals surface area contributed by atoms with Crippen LogP contribution in [0, 0.1) is 0 Å². The van der Waals surface area contributed by atoms with E-state index < -0.39 is 5.97 Å². The number of azo groups is 1. The minimum Gasteiger partial charge on any atom is -0.507 e. The Kier molecular flexibility index (Phi) is 5.19. The van der Waals surface area contributed by atoms with E-state index in [1.807, 2.05) is 0 Å². The number of carbonyl (C=O) groups is 2. The number of aromatic hydroxyl groups is 1. The first kappa shape index (κ1) is 16.4. The topological polar surface area (TPSA) is 88.3 Å². The van der Waals surface area contributed by atoms with Crippen LogP contribution in [0.15, 0.2) is 52.7 Å². The van der Waals surface area contributed by atoms with Crippen molar-refractivity contribution >= 4 is 23.6 Å². The van der Waals surface area contributed by atoms with Crippen molar-refractivity contribution in [3.8, 4) is 5.75 Å². The number of benzene rings is 2. The molecule has 1 N–H and O–H groups in total. The maximum atomic E-state index is 11.7. The SMILES string of the molecule is CC(C)OC(=O)c1ccc(N=Nc2ccc(O)c(C=O)c2)cc1. The minimum absolute atomic E-state index is 0.105. The average Bonchev–Trinajstić information content (AvgIpc) is 2.54. The number of carbonyl (C=O) groups excluding carboxylic acids is 2. The van der Waals surface area contributed by atoms with Crippen LogP contribution in [-0.2, 0) is 4.74 Å². The molecule has 0 spiro atoms. The molecular weight excluding hydrogens is 296 g/mol. The van der Waals surface area contributed by atoms with Crippen LogP contribution in [0.4, 0.5) is 11.4 Å². The zero-order valence-corrected chi connectivity index (χ0v) is 12.8. The second-order valence-electron chi connectivity index (χ2n) is 5.06. The second kappa shape index (κ2) is 7.31. The standard InChI is InChI=1S/C17H16N2O4/c1-11(2)23-17(22)12-3-5-14(6-4-12)18-19-15-7-8-16(21)13(9-15)10-20/h3-11,21H,1-2H3. The minimum atomic E-state index is -0.391. The van der Waals surface area contributed by atoms with Crippen LogP contribution in [0.2, 0.25) is 0 Å². The fourth-order valence-electron chi connectivity index (χ4n) is 1.76. The van der Waals surface area contributed by atoms with Crippen molar-refractivity contribution in [1.29, 1.82) is 0 Å². The number of hydrogen-bond donors (Lipinski definition) is 1. The third-order valence-electron chi connectivity index (χ3n) is 2.86. The van der Waals surface area contributed by atoms with Crippen molar-refractivity contribution in [2.24, 2.45) is 10.2 Å². The summed E-state index contributed by atoms with van der Waals surface area (Å²) in [5.74, 6) is -0.496. The van der Waals surface area contributed by atoms with Gasteiger partial charge in [-0.3, -0.25) is 4.79 Å². The van der Waals surface area contributed by atoms with Gasteiger partial charge in [0.1, 0.15) is 5.75 Å². The molecule has 0 aliphatic heterocycles. The first-order valence-electron chi connectivity index (χ1n) is 7.00. The summed E-state index contributed by atoms with van der Waals surface area (Å²) < 4.78 is 5.09. The summed E-state index contributed by atoms with van der Waals surface area (Å²) in [6.07, 6.45) is 0.368. The van der Waals surface area contributed by atoms with Gasteiger partial charge in [-0.15, -0.1) is 0 Å². The molecule has 2 rings (SSSR count). The van der Waals surface area contributed by atoms with Crippen molar-refractivity contribution in [3.63, 3.8) is 0 Å². The molecule has 6 heteroatoms. The Hall–Kier alpha value is -3.02. The molecular formula is C17H16N2O4. The molecule has 0 aromatic heterocycles. The van der Waals surface area contributed by atoms with Crippen LogP contribution >= 0.6 is 0 Å². The first-order valence-corrected chi connectivity index (χ1v) is 7.00. The molecule has 0 amide bonds. The van der Waals surface area contributed by atoms with Crippen LogP contribution in [0.1, 0.15) is 34.6 Å². The van der Waals surface area contributed by atoms with Crippen molar-refractivity contribution in [2.45, 2.75) is 20.0 Å². The summed E-state index contributed by atoms with van der Waals surface area (Å²) in [6, 6.07) is 10.8. The Bertz CT molecular complexity index is 737. The van der Waals surface area contributed by atoms with E-state index in [1.54, 1.807) is 44.2 Å². The van der Waals surface area contributed by atoms with Gasteiger partial charge in [0.15, 0.2) is 6.29 Å². The van der Waals surface area contributed by atoms with Crippen LogP contribution < -0.4 is 0 Å². The molecule has 0 saturated carbocycles. The van der Waals surface area contributed by atoms with Crippen LogP contribution in [-0.4, -0.2) is 23.5 Å². The number of nitrogens with zero attached hydrogens (tertiary/aromatic N) is 2. The van der Waals surface area contributed by atoms with Crippen molar-refractivity contribution in [2.75, 3.05) is 0 Å². The molecule has 0 bridgehead atoms.